The monoisotopic (exact) mass is 1040 g/mol. The molecule has 11 aromatic rings. The normalized spacial score (nSPS) is 12.2. The van der Waals surface area contributed by atoms with Gasteiger partial charge in [0.2, 0.25) is 0 Å². The van der Waals surface area contributed by atoms with Gasteiger partial charge in [-0.3, -0.25) is 4.98 Å². The van der Waals surface area contributed by atoms with Gasteiger partial charge in [-0.2, -0.15) is 10.5 Å². The van der Waals surface area contributed by atoms with Gasteiger partial charge in [0, 0.05) is 51.0 Å². The van der Waals surface area contributed by atoms with E-state index >= 15 is 0 Å². The van der Waals surface area contributed by atoms with E-state index in [2.05, 4.69) is 169 Å². The summed E-state index contributed by atoms with van der Waals surface area (Å²) in [7, 11) is 0. The molecule has 0 aliphatic heterocycles. The van der Waals surface area contributed by atoms with Crippen LogP contribution in [0.1, 0.15) is 116 Å². The maximum atomic E-state index is 10.1. The van der Waals surface area contributed by atoms with E-state index in [0.29, 0.717) is 40.0 Å². The average Bonchev–Trinajstić information content (AvgIpc) is 4.19. The van der Waals surface area contributed by atoms with Crippen LogP contribution in [0.4, 0.5) is 11.4 Å². The topological polar surface area (TPSA) is 118 Å². The Morgan fingerprint density at radius 2 is 0.775 bits per heavy atom. The maximum Gasteiger partial charge on any atom is 0.188 e. The summed E-state index contributed by atoms with van der Waals surface area (Å²) < 4.78 is 4.38. The third-order valence-electron chi connectivity index (χ3n) is 15.3. The Balaban J connectivity index is 1.26. The molecule has 10 nitrogen and oxygen atoms in total. The third kappa shape index (κ3) is 9.30. The van der Waals surface area contributed by atoms with Gasteiger partial charge in [0.25, 0.3) is 0 Å². The van der Waals surface area contributed by atoms with Gasteiger partial charge in [-0.15, -0.1) is 0 Å². The van der Waals surface area contributed by atoms with Crippen LogP contribution in [0.5, 0.6) is 0 Å². The zero-order valence-corrected chi connectivity index (χ0v) is 47.3. The van der Waals surface area contributed by atoms with Crippen molar-refractivity contribution in [2.24, 2.45) is 0 Å². The molecule has 80 heavy (non-hydrogen) atoms. The van der Waals surface area contributed by atoms with Gasteiger partial charge in [0.15, 0.2) is 28.8 Å². The van der Waals surface area contributed by atoms with E-state index in [-0.39, 0.29) is 21.7 Å². The molecule has 0 radical (unpaired) electrons. The molecule has 0 saturated heterocycles. The first-order valence-corrected chi connectivity index (χ1v) is 26.9. The lowest BCUT2D eigenvalue weighted by molar-refractivity contribution is 0.568. The number of hydrogen-bond acceptors (Lipinski definition) is 6. The van der Waals surface area contributed by atoms with Gasteiger partial charge in [-0.05, 0) is 164 Å². The predicted molar refractivity (Wildman–Crippen MR) is 325 cm³/mol. The fourth-order valence-corrected chi connectivity index (χ4v) is 10.7. The molecule has 0 saturated carbocycles. The summed E-state index contributed by atoms with van der Waals surface area (Å²) in [5, 5.41) is 23.6. The Morgan fingerprint density at radius 3 is 1.16 bits per heavy atom. The van der Waals surface area contributed by atoms with Crippen molar-refractivity contribution >= 4 is 55.0 Å². The summed E-state index contributed by atoms with van der Waals surface area (Å²) in [6.07, 6.45) is 3.67. The highest BCUT2D eigenvalue weighted by atomic mass is 15.0. The SMILES string of the molecule is [C-]#[N+]c1ccc2c(c1)c1cc([N+]#[C-])ccc1n2-c1ccc(-c2nc(-c3cc(C(C)(C)C)cc(C(C)(C)C)c3)nc(-c3cc(C(C)(C)C)cc(C(C)(C)C)c3)n2)cc1-c1cnccc1-n1c2ccc(C#N)cc2c2cc(C#N)ccc21. The number of hydrogen-bond donors (Lipinski definition) is 0. The summed E-state index contributed by atoms with van der Waals surface area (Å²) in [5.41, 5.74) is 15.2. The van der Waals surface area contributed by atoms with Crippen molar-refractivity contribution < 1.29 is 0 Å². The second-order valence-electron chi connectivity index (χ2n) is 25.0. The zero-order valence-electron chi connectivity index (χ0n) is 47.3. The Labute approximate surface area is 468 Å². The van der Waals surface area contributed by atoms with Crippen molar-refractivity contribution in [3.05, 3.63) is 202 Å². The minimum Gasteiger partial charge on any atom is -0.309 e. The molecule has 0 N–H and O–H groups in total. The van der Waals surface area contributed by atoms with Crippen molar-refractivity contribution in [2.75, 3.05) is 0 Å². The van der Waals surface area contributed by atoms with Crippen LogP contribution in [0.3, 0.4) is 0 Å². The van der Waals surface area contributed by atoms with Crippen molar-refractivity contribution in [1.82, 2.24) is 29.1 Å². The number of nitriles is 2. The quantitative estimate of drug-likeness (QED) is 0.153. The lowest BCUT2D eigenvalue weighted by atomic mass is 9.79. The second kappa shape index (κ2) is 19.0. The fourth-order valence-electron chi connectivity index (χ4n) is 10.7. The van der Waals surface area contributed by atoms with Gasteiger partial charge in [0.05, 0.1) is 69.9 Å². The van der Waals surface area contributed by atoms with E-state index in [1.807, 2.05) is 85.1 Å². The molecule has 0 unspecified atom stereocenters. The van der Waals surface area contributed by atoms with Gasteiger partial charge >= 0.3 is 0 Å². The molecule has 0 spiro atoms. The molecule has 0 amide bonds. The van der Waals surface area contributed by atoms with Gasteiger partial charge in [-0.25, -0.2) is 24.6 Å². The van der Waals surface area contributed by atoms with Crippen LogP contribution in [0.15, 0.2) is 146 Å². The van der Waals surface area contributed by atoms with E-state index in [9.17, 15) is 10.5 Å². The summed E-state index contributed by atoms with van der Waals surface area (Å²) in [6, 6.07) is 49.3. The van der Waals surface area contributed by atoms with Crippen molar-refractivity contribution in [3.8, 4) is 68.8 Å². The standard InChI is InChI=1S/C70H60N10/c1-67(2,3)46-29-44(30-47(34-46)68(4,5)6)65-76-64(77-66(78-65)45-31-48(69(7,8)9)35-49(32-45)70(10,11)12)43-17-22-60(79-61-23-18-50(73-13)36-55(61)56-37-51(74-14)19-24-62(56)79)54(33-43)57-40-75-26-25-63(57)80-58-20-15-41(38-71)27-52(58)53-28-42(39-72)16-21-59(53)80/h15-37,40H,1-12H3. The lowest BCUT2D eigenvalue weighted by Gasteiger charge is -2.26. The van der Waals surface area contributed by atoms with Crippen LogP contribution in [-0.2, 0) is 21.7 Å². The summed E-state index contributed by atoms with van der Waals surface area (Å²) in [4.78, 5) is 28.9. The minimum absolute atomic E-state index is 0.169. The molecule has 4 heterocycles. The highest BCUT2D eigenvalue weighted by molar-refractivity contribution is 6.13. The van der Waals surface area contributed by atoms with Gasteiger partial charge in [0.1, 0.15) is 0 Å². The number of benzene rings is 7. The summed E-state index contributed by atoms with van der Waals surface area (Å²) >= 11 is 0. The van der Waals surface area contributed by atoms with E-state index in [1.54, 1.807) is 6.20 Å². The number of rotatable bonds is 6. The third-order valence-corrected chi connectivity index (χ3v) is 15.3. The van der Waals surface area contributed by atoms with Crippen LogP contribution >= 0.6 is 0 Å². The Hall–Kier alpha value is -9.74. The van der Waals surface area contributed by atoms with Crippen molar-refractivity contribution in [3.63, 3.8) is 0 Å². The number of fused-ring (bicyclic) bond motifs is 6. The minimum atomic E-state index is -0.169. The molecule has 11 rings (SSSR count). The number of pyridine rings is 1. The molecular weight excluding hydrogens is 981 g/mol. The summed E-state index contributed by atoms with van der Waals surface area (Å²) in [5.74, 6) is 1.59. The molecule has 4 aromatic heterocycles. The van der Waals surface area contributed by atoms with Gasteiger partial charge in [-0.1, -0.05) is 107 Å². The second-order valence-corrected chi connectivity index (χ2v) is 25.0. The average molecular weight is 1040 g/mol. The Morgan fingerprint density at radius 1 is 0.400 bits per heavy atom. The highest BCUT2D eigenvalue weighted by Gasteiger charge is 2.27. The first-order chi connectivity index (χ1) is 37.9. The summed E-state index contributed by atoms with van der Waals surface area (Å²) in [6.45, 7) is 42.8. The largest absolute Gasteiger partial charge is 0.309 e. The molecule has 0 aliphatic rings. The number of aromatic nitrogens is 6. The van der Waals surface area contributed by atoms with Crippen molar-refractivity contribution in [1.29, 1.82) is 10.5 Å². The number of nitrogens with zero attached hydrogens (tertiary/aromatic N) is 10. The first kappa shape index (κ1) is 52.3. The zero-order chi connectivity index (χ0) is 56.8. The molecule has 0 fully saturated rings. The molecule has 390 valence electrons. The van der Waals surface area contributed by atoms with Gasteiger partial charge < -0.3 is 9.13 Å². The van der Waals surface area contributed by atoms with Crippen LogP contribution in [0.25, 0.3) is 110 Å². The molecule has 0 aliphatic carbocycles. The van der Waals surface area contributed by atoms with Crippen LogP contribution in [0, 0.1) is 35.8 Å². The predicted octanol–water partition coefficient (Wildman–Crippen LogP) is 18.2. The Kier molecular flexibility index (Phi) is 12.4. The van der Waals surface area contributed by atoms with E-state index in [1.165, 1.54) is 22.3 Å². The molecule has 0 bridgehead atoms. The van der Waals surface area contributed by atoms with E-state index < -0.39 is 0 Å². The maximum absolute atomic E-state index is 10.1. The molecule has 7 aromatic carbocycles. The lowest BCUT2D eigenvalue weighted by Crippen LogP contribution is -2.17. The fraction of sp³-hybridized carbons (Fsp3) is 0.229. The molecule has 0 atom stereocenters. The van der Waals surface area contributed by atoms with Crippen LogP contribution < -0.4 is 0 Å². The van der Waals surface area contributed by atoms with E-state index in [0.717, 1.165) is 82.8 Å². The Bertz CT molecular complexity index is 4270. The molecular formula is C70H60N10. The van der Waals surface area contributed by atoms with E-state index in [4.69, 9.17) is 33.1 Å². The van der Waals surface area contributed by atoms with Crippen molar-refractivity contribution in [2.45, 2.75) is 105 Å². The highest BCUT2D eigenvalue weighted by Crippen LogP contribution is 2.44. The first-order valence-electron chi connectivity index (χ1n) is 26.9. The van der Waals surface area contributed by atoms with Crippen LogP contribution in [-0.4, -0.2) is 29.1 Å². The molecule has 10 heteroatoms. The smallest absolute Gasteiger partial charge is 0.188 e. The van der Waals surface area contributed by atoms with Crippen LogP contribution in [0.2, 0.25) is 0 Å².